The van der Waals surface area contributed by atoms with Gasteiger partial charge in [0.25, 0.3) is 0 Å². The number of halogens is 10. The van der Waals surface area contributed by atoms with E-state index >= 15 is 0 Å². The van der Waals surface area contributed by atoms with Crippen LogP contribution in [0, 0.1) is 0 Å². The van der Waals surface area contributed by atoms with Crippen LogP contribution in [0.25, 0.3) is 0 Å². The van der Waals surface area contributed by atoms with Gasteiger partial charge in [-0.25, -0.2) is 0 Å². The Morgan fingerprint density at radius 2 is 1.45 bits per heavy atom. The van der Waals surface area contributed by atoms with Crippen LogP contribution in [0.3, 0.4) is 0 Å². The van der Waals surface area contributed by atoms with Gasteiger partial charge in [0, 0.05) is 10.3 Å². The number of hydrogen-bond donors (Lipinski definition) is 0. The third kappa shape index (κ3) is 5.10. The zero-order valence-corrected chi connectivity index (χ0v) is 14.1. The number of hydrogen-bond acceptors (Lipinski definition) is 0. The lowest BCUT2D eigenvalue weighted by molar-refractivity contribution is -0.348. The van der Waals surface area contributed by atoms with Gasteiger partial charge in [-0.2, -0.15) is 35.1 Å². The van der Waals surface area contributed by atoms with Crippen molar-refractivity contribution in [3.63, 3.8) is 0 Å². The summed E-state index contributed by atoms with van der Waals surface area (Å²) in [7, 11) is 0. The highest BCUT2D eigenvalue weighted by atomic mass is 127. The standard InChI is InChI=1S/C12H14ClF8I/c1-2-3-4-5-6-8(22)7-9(14,15)10(16,17)11(18,19)12(13,20)21/h2,8H,1,3-7H2. The molecule has 0 aromatic heterocycles. The summed E-state index contributed by atoms with van der Waals surface area (Å²) in [6.45, 7) is 3.43. The summed E-state index contributed by atoms with van der Waals surface area (Å²) in [5.41, 5.74) is 0. The van der Waals surface area contributed by atoms with E-state index in [9.17, 15) is 35.1 Å². The molecule has 0 saturated heterocycles. The molecule has 1 unspecified atom stereocenters. The second kappa shape index (κ2) is 7.85. The molecule has 10 heteroatoms. The molecule has 0 aliphatic heterocycles. The molecular weight excluding hydrogens is 458 g/mol. The lowest BCUT2D eigenvalue weighted by atomic mass is 9.98. The van der Waals surface area contributed by atoms with Crippen LogP contribution in [-0.2, 0) is 0 Å². The number of alkyl halides is 10. The molecule has 0 saturated carbocycles. The molecule has 0 heterocycles. The first-order valence-corrected chi connectivity index (χ1v) is 7.78. The minimum Gasteiger partial charge on any atom is -0.200 e. The fourth-order valence-electron chi connectivity index (χ4n) is 1.57. The molecule has 0 nitrogen and oxygen atoms in total. The summed E-state index contributed by atoms with van der Waals surface area (Å²) in [5, 5.41) is -5.79. The molecular formula is C12H14ClF8I. The summed E-state index contributed by atoms with van der Waals surface area (Å²) < 4.78 is 103. The molecule has 22 heavy (non-hydrogen) atoms. The van der Waals surface area contributed by atoms with Crippen LogP contribution < -0.4 is 0 Å². The second-order valence-corrected chi connectivity index (χ2v) is 6.96. The summed E-state index contributed by atoms with van der Waals surface area (Å²) in [4.78, 5) is 0. The lowest BCUT2D eigenvalue weighted by Gasteiger charge is -2.35. The van der Waals surface area contributed by atoms with E-state index in [1.54, 1.807) is 6.08 Å². The average molecular weight is 473 g/mol. The van der Waals surface area contributed by atoms with Crippen molar-refractivity contribution in [3.05, 3.63) is 12.7 Å². The van der Waals surface area contributed by atoms with Crippen LogP contribution in [0.2, 0.25) is 0 Å². The molecule has 0 spiro atoms. The first-order chi connectivity index (χ1) is 9.70. The number of allylic oxidation sites excluding steroid dienone is 1. The molecule has 0 aliphatic carbocycles. The van der Waals surface area contributed by atoms with Crippen molar-refractivity contribution in [3.8, 4) is 0 Å². The summed E-state index contributed by atoms with van der Waals surface area (Å²) >= 11 is 5.27. The highest BCUT2D eigenvalue weighted by Crippen LogP contribution is 2.55. The van der Waals surface area contributed by atoms with Crippen molar-refractivity contribution in [2.24, 2.45) is 0 Å². The van der Waals surface area contributed by atoms with E-state index in [0.717, 1.165) is 0 Å². The van der Waals surface area contributed by atoms with Crippen molar-refractivity contribution in [1.29, 1.82) is 0 Å². The van der Waals surface area contributed by atoms with Crippen molar-refractivity contribution in [2.75, 3.05) is 0 Å². The monoisotopic (exact) mass is 472 g/mol. The minimum absolute atomic E-state index is 0.0584. The van der Waals surface area contributed by atoms with Gasteiger partial charge in [0.1, 0.15) is 0 Å². The molecule has 0 radical (unpaired) electrons. The van der Waals surface area contributed by atoms with Gasteiger partial charge in [0.05, 0.1) is 0 Å². The molecule has 0 aromatic rings. The average Bonchev–Trinajstić information content (AvgIpc) is 2.32. The fourth-order valence-corrected chi connectivity index (χ4v) is 2.68. The summed E-state index contributed by atoms with van der Waals surface area (Å²) in [5.74, 6) is -18.0. The van der Waals surface area contributed by atoms with E-state index in [1.165, 1.54) is 22.6 Å². The van der Waals surface area contributed by atoms with Crippen molar-refractivity contribution < 1.29 is 35.1 Å². The van der Waals surface area contributed by atoms with Crippen LogP contribution in [0.15, 0.2) is 12.7 Å². The quantitative estimate of drug-likeness (QED) is 0.110. The smallest absolute Gasteiger partial charge is 0.200 e. The highest BCUT2D eigenvalue weighted by Gasteiger charge is 2.80. The van der Waals surface area contributed by atoms with Gasteiger partial charge in [-0.15, -0.1) is 6.58 Å². The topological polar surface area (TPSA) is 0 Å². The van der Waals surface area contributed by atoms with E-state index in [4.69, 9.17) is 0 Å². The van der Waals surface area contributed by atoms with E-state index < -0.39 is 33.5 Å². The van der Waals surface area contributed by atoms with Gasteiger partial charge < -0.3 is 0 Å². The summed E-state index contributed by atoms with van der Waals surface area (Å²) in [6, 6.07) is 0. The predicted octanol–water partition coefficient (Wildman–Crippen LogP) is 6.66. The van der Waals surface area contributed by atoms with Gasteiger partial charge in [-0.05, 0) is 30.9 Å². The van der Waals surface area contributed by atoms with Crippen molar-refractivity contribution >= 4 is 34.2 Å². The van der Waals surface area contributed by atoms with Crippen LogP contribution >= 0.6 is 34.2 Å². The predicted molar refractivity (Wildman–Crippen MR) is 76.7 cm³/mol. The van der Waals surface area contributed by atoms with Crippen LogP contribution in [0.5, 0.6) is 0 Å². The van der Waals surface area contributed by atoms with Gasteiger partial charge in [-0.3, -0.25) is 0 Å². The largest absolute Gasteiger partial charge is 0.392 e. The first-order valence-electron chi connectivity index (χ1n) is 6.16. The molecule has 0 aliphatic rings. The van der Waals surface area contributed by atoms with Gasteiger partial charge in [0.2, 0.25) is 0 Å². The maximum absolute atomic E-state index is 13.4. The molecule has 0 amide bonds. The Morgan fingerprint density at radius 3 is 1.86 bits per heavy atom. The van der Waals surface area contributed by atoms with E-state index in [2.05, 4.69) is 18.2 Å². The molecule has 0 rings (SSSR count). The molecule has 0 fully saturated rings. The van der Waals surface area contributed by atoms with Crippen LogP contribution in [-0.4, -0.2) is 27.1 Å². The lowest BCUT2D eigenvalue weighted by Crippen LogP contribution is -2.60. The maximum Gasteiger partial charge on any atom is 0.392 e. The Kier molecular flexibility index (Phi) is 7.92. The normalized spacial score (nSPS) is 15.7. The highest BCUT2D eigenvalue weighted by molar-refractivity contribution is 14.1. The fraction of sp³-hybridized carbons (Fsp3) is 0.833. The Morgan fingerprint density at radius 1 is 0.955 bits per heavy atom. The van der Waals surface area contributed by atoms with Gasteiger partial charge in [-0.1, -0.05) is 35.1 Å². The third-order valence-corrected chi connectivity index (χ3v) is 4.16. The Bertz CT molecular complexity index is 367. The van der Waals surface area contributed by atoms with Crippen LogP contribution in [0.1, 0.15) is 32.1 Å². The molecule has 132 valence electrons. The Hall–Kier alpha value is 0.200. The molecule has 0 N–H and O–H groups in total. The molecule has 0 bridgehead atoms. The minimum atomic E-state index is -6.37. The zero-order chi connectivity index (χ0) is 17.8. The zero-order valence-electron chi connectivity index (χ0n) is 11.2. The van der Waals surface area contributed by atoms with Gasteiger partial charge in [0.15, 0.2) is 0 Å². The Labute approximate surface area is 141 Å². The van der Waals surface area contributed by atoms with Crippen molar-refractivity contribution in [2.45, 2.75) is 59.2 Å². The SMILES string of the molecule is C=CCCCCC(I)CC(F)(F)C(F)(F)C(F)(F)C(F)(F)Cl. The molecule has 1 atom stereocenters. The first kappa shape index (κ1) is 22.2. The van der Waals surface area contributed by atoms with E-state index in [1.807, 2.05) is 0 Å². The number of rotatable bonds is 10. The van der Waals surface area contributed by atoms with E-state index in [-0.39, 0.29) is 6.42 Å². The number of unbranched alkanes of at least 4 members (excludes halogenated alkanes) is 2. The maximum atomic E-state index is 13.4. The molecule has 0 aromatic carbocycles. The third-order valence-electron chi connectivity index (χ3n) is 2.86. The van der Waals surface area contributed by atoms with Gasteiger partial charge >= 0.3 is 23.1 Å². The Balaban J connectivity index is 4.94. The van der Waals surface area contributed by atoms with Crippen molar-refractivity contribution in [1.82, 2.24) is 0 Å². The van der Waals surface area contributed by atoms with Crippen LogP contribution in [0.4, 0.5) is 35.1 Å². The summed E-state index contributed by atoms with van der Waals surface area (Å²) in [6.07, 6.45) is 1.53. The van der Waals surface area contributed by atoms with E-state index in [0.29, 0.717) is 19.3 Å². The second-order valence-electron chi connectivity index (χ2n) is 4.73.